The minimum Gasteiger partial charge on any atom is -0.342 e. The molecule has 0 amide bonds. The minimum atomic E-state index is 0.567. The molecule has 1 fully saturated rings. The molecule has 100 valence electrons. The topological polar surface area (TPSA) is 53.6 Å². The summed E-state index contributed by atoms with van der Waals surface area (Å²) in [6.07, 6.45) is 5.18. The van der Waals surface area contributed by atoms with Crippen LogP contribution in [0.3, 0.4) is 0 Å². The predicted molar refractivity (Wildman–Crippen MR) is 73.6 cm³/mol. The summed E-state index contributed by atoms with van der Waals surface area (Å²) >= 11 is 0. The molecule has 3 N–H and O–H groups in total. The van der Waals surface area contributed by atoms with E-state index in [0.717, 1.165) is 18.4 Å². The number of nitrogens with two attached hydrogens (primary N) is 1. The average molecular weight is 240 g/mol. The van der Waals surface area contributed by atoms with Crippen LogP contribution in [0.5, 0.6) is 0 Å². The summed E-state index contributed by atoms with van der Waals surface area (Å²) in [5.41, 5.74) is 2.75. The first kappa shape index (κ1) is 14.3. The highest BCUT2D eigenvalue weighted by Crippen LogP contribution is 2.26. The number of nitrogens with one attached hydrogen (secondary N) is 1. The molecule has 0 aromatic rings. The molecule has 0 bridgehead atoms. The van der Waals surface area contributed by atoms with Crippen molar-refractivity contribution in [1.82, 2.24) is 10.3 Å². The van der Waals surface area contributed by atoms with Gasteiger partial charge >= 0.3 is 0 Å². The quantitative estimate of drug-likeness (QED) is 0.343. The van der Waals surface area contributed by atoms with Crippen molar-refractivity contribution in [1.29, 1.82) is 0 Å². The summed E-state index contributed by atoms with van der Waals surface area (Å²) in [4.78, 5) is 6.77. The summed E-state index contributed by atoms with van der Waals surface area (Å²) in [6, 6.07) is 0.584. The number of hydrogen-bond donors (Lipinski definition) is 2. The maximum Gasteiger partial charge on any atom is 0.208 e. The molecular weight excluding hydrogens is 212 g/mol. The molecule has 4 nitrogen and oxygen atoms in total. The predicted octanol–water partition coefficient (Wildman–Crippen LogP) is 1.97. The number of nitrogens with zero attached hydrogens (tertiary/aromatic N) is 2. The Hall–Kier alpha value is -0.770. The van der Waals surface area contributed by atoms with Gasteiger partial charge in [0.15, 0.2) is 0 Å². The Morgan fingerprint density at radius 3 is 2.71 bits per heavy atom. The van der Waals surface area contributed by atoms with Crippen molar-refractivity contribution in [3.05, 3.63) is 0 Å². The third-order valence-electron chi connectivity index (χ3n) is 3.53. The number of hydrazine groups is 1. The van der Waals surface area contributed by atoms with E-state index in [-0.39, 0.29) is 0 Å². The van der Waals surface area contributed by atoms with Gasteiger partial charge < -0.3 is 4.90 Å². The van der Waals surface area contributed by atoms with Crippen LogP contribution in [0.1, 0.15) is 46.5 Å². The maximum atomic E-state index is 5.58. The lowest BCUT2D eigenvalue weighted by Gasteiger charge is -2.35. The van der Waals surface area contributed by atoms with E-state index in [2.05, 4.69) is 43.1 Å². The fraction of sp³-hybridized carbons (Fsp3) is 0.923. The lowest BCUT2D eigenvalue weighted by Crippen LogP contribution is -2.49. The molecule has 1 aliphatic rings. The maximum absolute atomic E-state index is 5.58. The molecule has 1 aliphatic carbocycles. The Balaban J connectivity index is 2.58. The van der Waals surface area contributed by atoms with E-state index in [4.69, 9.17) is 5.84 Å². The first-order chi connectivity index (χ1) is 8.04. The van der Waals surface area contributed by atoms with Gasteiger partial charge in [-0.15, -0.1) is 0 Å². The molecule has 1 saturated carbocycles. The zero-order valence-corrected chi connectivity index (χ0v) is 11.7. The van der Waals surface area contributed by atoms with Crippen molar-refractivity contribution in [2.24, 2.45) is 22.7 Å². The van der Waals surface area contributed by atoms with E-state index >= 15 is 0 Å². The second kappa shape index (κ2) is 6.84. The fourth-order valence-electron chi connectivity index (χ4n) is 2.45. The third kappa shape index (κ3) is 4.54. The summed E-state index contributed by atoms with van der Waals surface area (Å²) in [6.45, 7) is 7.49. The molecule has 2 unspecified atom stereocenters. The molecule has 2 atom stereocenters. The van der Waals surface area contributed by atoms with Crippen LogP contribution in [0, 0.1) is 11.8 Å². The largest absolute Gasteiger partial charge is 0.342 e. The number of aliphatic imine (C=N–C) groups is 1. The van der Waals surface area contributed by atoms with Crippen molar-refractivity contribution >= 4 is 5.96 Å². The molecule has 0 aromatic heterocycles. The molecule has 0 aliphatic heterocycles. The van der Waals surface area contributed by atoms with Crippen molar-refractivity contribution in [2.45, 2.75) is 52.5 Å². The molecule has 4 heteroatoms. The molecule has 0 radical (unpaired) electrons. The van der Waals surface area contributed by atoms with Crippen molar-refractivity contribution in [3.8, 4) is 0 Å². The van der Waals surface area contributed by atoms with Crippen LogP contribution in [0.4, 0.5) is 0 Å². The second-order valence-electron chi connectivity index (χ2n) is 5.74. The molecule has 17 heavy (non-hydrogen) atoms. The Labute approximate surface area is 106 Å². The summed E-state index contributed by atoms with van der Waals surface area (Å²) in [5, 5.41) is 0. The van der Waals surface area contributed by atoms with Gasteiger partial charge in [-0.2, -0.15) is 0 Å². The normalized spacial score (nSPS) is 26.1. The first-order valence-electron chi connectivity index (χ1n) is 6.78. The SMILES string of the molecule is CC(C)CN=C(NN)N(C)C1CCCC(C)C1. The van der Waals surface area contributed by atoms with Gasteiger partial charge in [0.1, 0.15) is 0 Å². The highest BCUT2D eigenvalue weighted by Gasteiger charge is 2.24. The van der Waals surface area contributed by atoms with Gasteiger partial charge in [-0.05, 0) is 24.7 Å². The Kier molecular flexibility index (Phi) is 5.75. The summed E-state index contributed by atoms with van der Waals surface area (Å²) in [5.74, 6) is 7.80. The van der Waals surface area contributed by atoms with Crippen LogP contribution in [0.15, 0.2) is 4.99 Å². The minimum absolute atomic E-state index is 0.567. The monoisotopic (exact) mass is 240 g/mol. The van der Waals surface area contributed by atoms with Gasteiger partial charge in [-0.1, -0.05) is 33.6 Å². The van der Waals surface area contributed by atoms with Gasteiger partial charge in [0.25, 0.3) is 0 Å². The van der Waals surface area contributed by atoms with Crippen LogP contribution < -0.4 is 11.3 Å². The highest BCUT2D eigenvalue weighted by atomic mass is 15.4. The van der Waals surface area contributed by atoms with E-state index in [1.54, 1.807) is 0 Å². The van der Waals surface area contributed by atoms with Gasteiger partial charge in [-0.25, -0.2) is 5.84 Å². The highest BCUT2D eigenvalue weighted by molar-refractivity contribution is 5.79. The molecule has 1 rings (SSSR count). The van der Waals surface area contributed by atoms with E-state index in [0.29, 0.717) is 12.0 Å². The van der Waals surface area contributed by atoms with Gasteiger partial charge in [0, 0.05) is 19.6 Å². The van der Waals surface area contributed by atoms with E-state index < -0.39 is 0 Å². The summed E-state index contributed by atoms with van der Waals surface area (Å²) in [7, 11) is 2.10. The lowest BCUT2D eigenvalue weighted by atomic mass is 9.86. The number of rotatable bonds is 3. The van der Waals surface area contributed by atoms with Crippen molar-refractivity contribution in [2.75, 3.05) is 13.6 Å². The van der Waals surface area contributed by atoms with E-state index in [1.165, 1.54) is 25.7 Å². The van der Waals surface area contributed by atoms with Crippen LogP contribution in [0.2, 0.25) is 0 Å². The fourth-order valence-corrected chi connectivity index (χ4v) is 2.45. The third-order valence-corrected chi connectivity index (χ3v) is 3.53. The first-order valence-corrected chi connectivity index (χ1v) is 6.78. The zero-order valence-electron chi connectivity index (χ0n) is 11.7. The molecule has 0 saturated heterocycles. The lowest BCUT2D eigenvalue weighted by molar-refractivity contribution is 0.227. The number of guanidine groups is 1. The van der Waals surface area contributed by atoms with Crippen LogP contribution in [-0.4, -0.2) is 30.5 Å². The van der Waals surface area contributed by atoms with Crippen molar-refractivity contribution in [3.63, 3.8) is 0 Å². The summed E-state index contributed by atoms with van der Waals surface area (Å²) < 4.78 is 0. The standard InChI is InChI=1S/C13H28N4/c1-10(2)9-15-13(16-14)17(4)12-7-5-6-11(3)8-12/h10-12H,5-9,14H2,1-4H3,(H,15,16). The average Bonchev–Trinajstić information content (AvgIpc) is 2.29. The molecule has 0 spiro atoms. The van der Waals surface area contributed by atoms with E-state index in [1.807, 2.05) is 0 Å². The Morgan fingerprint density at radius 1 is 1.47 bits per heavy atom. The van der Waals surface area contributed by atoms with Crippen LogP contribution in [0.25, 0.3) is 0 Å². The molecule has 0 heterocycles. The van der Waals surface area contributed by atoms with Crippen LogP contribution in [-0.2, 0) is 0 Å². The second-order valence-corrected chi connectivity index (χ2v) is 5.74. The van der Waals surface area contributed by atoms with Gasteiger partial charge in [0.2, 0.25) is 5.96 Å². The Bertz CT molecular complexity index is 250. The zero-order chi connectivity index (χ0) is 12.8. The Morgan fingerprint density at radius 2 is 2.18 bits per heavy atom. The van der Waals surface area contributed by atoms with Crippen LogP contribution >= 0.6 is 0 Å². The van der Waals surface area contributed by atoms with Gasteiger partial charge in [-0.3, -0.25) is 10.4 Å². The molecular formula is C13H28N4. The van der Waals surface area contributed by atoms with E-state index in [9.17, 15) is 0 Å². The molecule has 0 aromatic carbocycles. The number of hydrogen-bond acceptors (Lipinski definition) is 2. The van der Waals surface area contributed by atoms with Gasteiger partial charge in [0.05, 0.1) is 0 Å². The van der Waals surface area contributed by atoms with Crippen molar-refractivity contribution < 1.29 is 0 Å². The smallest absolute Gasteiger partial charge is 0.208 e.